The molecule has 1 N–H and O–H groups in total. The van der Waals surface area contributed by atoms with Crippen molar-refractivity contribution >= 4 is 29.2 Å². The van der Waals surface area contributed by atoms with Gasteiger partial charge in [0.15, 0.2) is 0 Å². The van der Waals surface area contributed by atoms with Gasteiger partial charge < -0.3 is 10.2 Å². The number of hydrogen-bond donors (Lipinski definition) is 1. The molecule has 0 spiro atoms. The molecule has 6 nitrogen and oxygen atoms in total. The van der Waals surface area contributed by atoms with Crippen LogP contribution in [0.5, 0.6) is 0 Å². The van der Waals surface area contributed by atoms with Gasteiger partial charge in [0, 0.05) is 11.7 Å². The first-order valence-corrected chi connectivity index (χ1v) is 10.3. The third-order valence-electron chi connectivity index (χ3n) is 5.74. The lowest BCUT2D eigenvalue weighted by Gasteiger charge is -2.33. The molecule has 4 amide bonds. The van der Waals surface area contributed by atoms with Gasteiger partial charge in [-0.25, -0.2) is 14.1 Å². The highest BCUT2D eigenvalue weighted by atomic mass is 19.1. The highest BCUT2D eigenvalue weighted by Gasteiger charge is 2.49. The van der Waals surface area contributed by atoms with Crippen LogP contribution in [-0.4, -0.2) is 34.8 Å². The van der Waals surface area contributed by atoms with Crippen LogP contribution in [0.2, 0.25) is 0 Å². The van der Waals surface area contributed by atoms with Crippen LogP contribution >= 0.6 is 0 Å². The van der Waals surface area contributed by atoms with Crippen molar-refractivity contribution in [1.29, 1.82) is 0 Å². The van der Waals surface area contributed by atoms with E-state index in [4.69, 9.17) is 0 Å². The Balaban J connectivity index is 1.57. The fraction of sp³-hybridized carbons (Fsp3) is 0.348. The smallest absolute Gasteiger partial charge is 0.326 e. The fourth-order valence-electron chi connectivity index (χ4n) is 4.30. The van der Waals surface area contributed by atoms with E-state index >= 15 is 0 Å². The lowest BCUT2D eigenvalue weighted by molar-refractivity contribution is -0.125. The molecule has 7 heteroatoms. The summed E-state index contributed by atoms with van der Waals surface area (Å²) in [5.74, 6) is -1.17. The molecule has 1 heterocycles. The summed E-state index contributed by atoms with van der Waals surface area (Å²) >= 11 is 0. The van der Waals surface area contributed by atoms with Crippen molar-refractivity contribution in [3.05, 3.63) is 60.4 Å². The fourth-order valence-corrected chi connectivity index (χ4v) is 4.30. The molecule has 1 aliphatic heterocycles. The summed E-state index contributed by atoms with van der Waals surface area (Å²) in [6.07, 6.45) is 4.65. The van der Waals surface area contributed by atoms with E-state index in [0.29, 0.717) is 11.4 Å². The number of anilines is 2. The van der Waals surface area contributed by atoms with Crippen LogP contribution in [0.4, 0.5) is 20.6 Å². The second-order valence-corrected chi connectivity index (χ2v) is 7.77. The van der Waals surface area contributed by atoms with Crippen LogP contribution in [-0.2, 0) is 9.59 Å². The highest BCUT2D eigenvalue weighted by molar-refractivity contribution is 6.22. The molecule has 2 aromatic rings. The Labute approximate surface area is 174 Å². The van der Waals surface area contributed by atoms with E-state index in [2.05, 4.69) is 5.32 Å². The minimum atomic E-state index is -0.846. The number of halogens is 1. The number of rotatable bonds is 5. The molecule has 1 saturated carbocycles. The molecule has 2 fully saturated rings. The van der Waals surface area contributed by atoms with Gasteiger partial charge in [-0.15, -0.1) is 0 Å². The Kier molecular flexibility index (Phi) is 5.79. The molecule has 2 aliphatic rings. The summed E-state index contributed by atoms with van der Waals surface area (Å²) in [7, 11) is 0. The Morgan fingerprint density at radius 3 is 2.30 bits per heavy atom. The summed E-state index contributed by atoms with van der Waals surface area (Å²) < 4.78 is 13.1. The van der Waals surface area contributed by atoms with Crippen molar-refractivity contribution in [2.75, 3.05) is 10.2 Å². The number of carbonyl (C=O) groups is 3. The van der Waals surface area contributed by atoms with Gasteiger partial charge in [-0.1, -0.05) is 37.5 Å². The van der Waals surface area contributed by atoms with Gasteiger partial charge in [-0.05, 0) is 49.2 Å². The van der Waals surface area contributed by atoms with E-state index < -0.39 is 11.9 Å². The molecule has 0 unspecified atom stereocenters. The van der Waals surface area contributed by atoms with Gasteiger partial charge in [0.25, 0.3) is 5.91 Å². The summed E-state index contributed by atoms with van der Waals surface area (Å²) in [5.41, 5.74) is 0.956. The van der Waals surface area contributed by atoms with Crippen LogP contribution in [0.15, 0.2) is 54.6 Å². The predicted molar refractivity (Wildman–Crippen MR) is 111 cm³/mol. The third kappa shape index (κ3) is 4.06. The Bertz CT molecular complexity index is 926. The van der Waals surface area contributed by atoms with Crippen molar-refractivity contribution in [1.82, 2.24) is 4.90 Å². The van der Waals surface area contributed by atoms with E-state index in [9.17, 15) is 18.8 Å². The summed E-state index contributed by atoms with van der Waals surface area (Å²) in [4.78, 5) is 42.0. The van der Waals surface area contributed by atoms with Crippen molar-refractivity contribution in [2.24, 2.45) is 0 Å². The maximum absolute atomic E-state index is 13.3. The van der Waals surface area contributed by atoms with E-state index in [-0.39, 0.29) is 30.3 Å². The molecule has 0 bridgehead atoms. The van der Waals surface area contributed by atoms with Crippen LogP contribution in [0.25, 0.3) is 0 Å². The second-order valence-electron chi connectivity index (χ2n) is 7.77. The first-order valence-electron chi connectivity index (χ1n) is 10.3. The first kappa shape index (κ1) is 20.1. The number of hydrogen-bond acceptors (Lipinski definition) is 3. The van der Waals surface area contributed by atoms with Crippen LogP contribution in [0.1, 0.15) is 38.5 Å². The average Bonchev–Trinajstić information content (AvgIpc) is 3.00. The number of carbonyl (C=O) groups excluding carboxylic acids is 3. The molecule has 0 aromatic heterocycles. The number of imide groups is 1. The Morgan fingerprint density at radius 2 is 1.63 bits per heavy atom. The Hall–Kier alpha value is -3.22. The van der Waals surface area contributed by atoms with Gasteiger partial charge in [-0.2, -0.15) is 0 Å². The van der Waals surface area contributed by atoms with Gasteiger partial charge in [0.1, 0.15) is 11.9 Å². The van der Waals surface area contributed by atoms with Crippen molar-refractivity contribution in [3.63, 3.8) is 0 Å². The van der Waals surface area contributed by atoms with Crippen molar-refractivity contribution in [2.45, 2.75) is 50.6 Å². The molecular formula is C23H24FN3O3. The van der Waals surface area contributed by atoms with Gasteiger partial charge in [0.2, 0.25) is 5.91 Å². The quantitative estimate of drug-likeness (QED) is 0.748. The molecule has 1 atom stereocenters. The normalized spacial score (nSPS) is 20.0. The van der Waals surface area contributed by atoms with Crippen molar-refractivity contribution < 1.29 is 18.8 Å². The zero-order chi connectivity index (χ0) is 21.1. The SMILES string of the molecule is O=C(C[C@@H]1C(=O)N(c2ccccc2)C(=O)N1C1CCCCC1)Nc1ccc(F)cc1. The monoisotopic (exact) mass is 409 g/mol. The van der Waals surface area contributed by atoms with Crippen LogP contribution < -0.4 is 10.2 Å². The van der Waals surface area contributed by atoms with Gasteiger partial charge in [-0.3, -0.25) is 9.59 Å². The van der Waals surface area contributed by atoms with Crippen molar-refractivity contribution in [3.8, 4) is 0 Å². The number of para-hydroxylation sites is 1. The zero-order valence-corrected chi connectivity index (χ0v) is 16.6. The molecule has 30 heavy (non-hydrogen) atoms. The Morgan fingerprint density at radius 1 is 0.967 bits per heavy atom. The standard InChI is InChI=1S/C23H24FN3O3/c24-16-11-13-17(14-12-16)25-21(28)15-20-22(29)27(19-9-5-2-6-10-19)23(30)26(20)18-7-3-1-4-8-18/h2,5-6,9-14,18,20H,1,3-4,7-8,15H2,(H,25,28)/t20-/m1/s1. The zero-order valence-electron chi connectivity index (χ0n) is 16.6. The van der Waals surface area contributed by atoms with Crippen LogP contribution in [0.3, 0.4) is 0 Å². The number of benzene rings is 2. The number of urea groups is 1. The number of nitrogens with one attached hydrogen (secondary N) is 1. The average molecular weight is 409 g/mol. The van der Waals surface area contributed by atoms with E-state index in [1.54, 1.807) is 29.2 Å². The number of amides is 4. The van der Waals surface area contributed by atoms with Gasteiger partial charge in [0.05, 0.1) is 12.1 Å². The lowest BCUT2D eigenvalue weighted by Crippen LogP contribution is -2.45. The maximum atomic E-state index is 13.3. The molecule has 0 radical (unpaired) electrons. The third-order valence-corrected chi connectivity index (χ3v) is 5.74. The maximum Gasteiger partial charge on any atom is 0.332 e. The molecule has 4 rings (SSSR count). The van der Waals surface area contributed by atoms with E-state index in [1.807, 2.05) is 6.07 Å². The molecule has 156 valence electrons. The number of nitrogens with zero attached hydrogens (tertiary/aromatic N) is 2. The van der Waals surface area contributed by atoms with Crippen LogP contribution in [0, 0.1) is 5.82 Å². The summed E-state index contributed by atoms with van der Waals surface area (Å²) in [6, 6.07) is 13.0. The van der Waals surface area contributed by atoms with E-state index in [1.165, 1.54) is 29.2 Å². The topological polar surface area (TPSA) is 69.7 Å². The minimum absolute atomic E-state index is 0.0486. The first-order chi connectivity index (χ1) is 14.5. The second kappa shape index (κ2) is 8.65. The summed E-state index contributed by atoms with van der Waals surface area (Å²) in [6.45, 7) is 0. The van der Waals surface area contributed by atoms with Gasteiger partial charge >= 0.3 is 6.03 Å². The largest absolute Gasteiger partial charge is 0.332 e. The molecule has 1 saturated heterocycles. The minimum Gasteiger partial charge on any atom is -0.326 e. The summed E-state index contributed by atoms with van der Waals surface area (Å²) in [5, 5.41) is 2.70. The molecule has 1 aliphatic carbocycles. The van der Waals surface area contributed by atoms with E-state index in [0.717, 1.165) is 32.1 Å². The molecular weight excluding hydrogens is 385 g/mol. The highest BCUT2D eigenvalue weighted by Crippen LogP contribution is 2.33. The molecule has 2 aromatic carbocycles. The lowest BCUT2D eigenvalue weighted by atomic mass is 9.93. The predicted octanol–water partition coefficient (Wildman–Crippen LogP) is 4.32.